The van der Waals surface area contributed by atoms with Crippen molar-refractivity contribution in [2.45, 2.75) is 38.5 Å². The summed E-state index contributed by atoms with van der Waals surface area (Å²) in [5.41, 5.74) is 20.3. The summed E-state index contributed by atoms with van der Waals surface area (Å²) in [6.45, 7) is 9.48. The second kappa shape index (κ2) is 13.0. The van der Waals surface area contributed by atoms with Crippen LogP contribution in [-0.4, -0.2) is 0 Å². The maximum absolute atomic E-state index is 2.44. The SMILES string of the molecule is CC1(C)c2ccccc2-c2cc(N(c3ccc(-c4ccc(-c5ccccc5)cc4)cc3)c3ccc(-c4ccc5c(c4)C(C)(C)c4c-5sc5ccccc45)cc3)ccc21. The minimum atomic E-state index is -0.0616. The van der Waals surface area contributed by atoms with E-state index in [0.717, 1.165) is 17.1 Å². The fourth-order valence-corrected chi connectivity index (χ4v) is 11.2. The van der Waals surface area contributed by atoms with Gasteiger partial charge in [-0.25, -0.2) is 0 Å². The lowest BCUT2D eigenvalue weighted by atomic mass is 9.80. The summed E-state index contributed by atoms with van der Waals surface area (Å²) in [5.74, 6) is 0. The molecular weight excluding hydrogens is 719 g/mol. The molecule has 1 heterocycles. The van der Waals surface area contributed by atoms with Crippen molar-refractivity contribution in [1.29, 1.82) is 0 Å². The number of nitrogens with zero attached hydrogens (tertiary/aromatic N) is 1. The Morgan fingerprint density at radius 1 is 0.362 bits per heavy atom. The van der Waals surface area contributed by atoms with Crippen LogP contribution >= 0.6 is 11.3 Å². The zero-order chi connectivity index (χ0) is 39.2. The molecule has 0 saturated carbocycles. The highest BCUT2D eigenvalue weighted by atomic mass is 32.1. The maximum atomic E-state index is 2.44. The van der Waals surface area contributed by atoms with Gasteiger partial charge < -0.3 is 4.90 Å². The van der Waals surface area contributed by atoms with Crippen molar-refractivity contribution < 1.29 is 0 Å². The van der Waals surface area contributed by atoms with E-state index in [1.807, 2.05) is 11.3 Å². The van der Waals surface area contributed by atoms with Gasteiger partial charge in [0.05, 0.1) is 0 Å². The summed E-state index contributed by atoms with van der Waals surface area (Å²) in [5, 5.41) is 1.39. The molecule has 0 N–H and O–H groups in total. The molecule has 2 aliphatic rings. The average molecular weight is 762 g/mol. The zero-order valence-corrected chi connectivity index (χ0v) is 34.1. The quantitative estimate of drug-likeness (QED) is 0.163. The van der Waals surface area contributed by atoms with E-state index in [1.54, 1.807) is 0 Å². The van der Waals surface area contributed by atoms with Crippen LogP contribution in [0.2, 0.25) is 0 Å². The molecule has 2 heteroatoms. The van der Waals surface area contributed by atoms with Crippen LogP contribution in [0.5, 0.6) is 0 Å². The third-order valence-electron chi connectivity index (χ3n) is 12.9. The average Bonchev–Trinajstić information content (AvgIpc) is 3.85. The van der Waals surface area contributed by atoms with Crippen molar-refractivity contribution in [3.8, 4) is 54.9 Å². The van der Waals surface area contributed by atoms with Crippen molar-refractivity contribution in [3.63, 3.8) is 0 Å². The standard InChI is InChI=1S/C56H43NS/c1-55(2)49-16-10-8-14-45(49)48-35-44(31-33-50(48)55)57(42-27-22-39(23-28-42)38-20-18-37(19-21-38)36-12-6-5-7-13-36)43-29-24-40(25-30-43)41-26-32-46-51(34-41)56(3,4)53-47-15-9-11-17-52(47)58-54(46)53/h5-35H,1-4H3. The lowest BCUT2D eigenvalue weighted by Crippen LogP contribution is -2.15. The molecule has 0 unspecified atom stereocenters. The van der Waals surface area contributed by atoms with Crippen LogP contribution in [0.25, 0.3) is 65.0 Å². The molecule has 0 radical (unpaired) electrons. The number of anilines is 3. The summed E-state index contributed by atoms with van der Waals surface area (Å²) < 4.78 is 1.37. The molecule has 0 fully saturated rings. The Morgan fingerprint density at radius 2 is 0.879 bits per heavy atom. The highest BCUT2D eigenvalue weighted by Crippen LogP contribution is 2.56. The van der Waals surface area contributed by atoms with Crippen LogP contribution in [0.4, 0.5) is 17.1 Å². The second-order valence-electron chi connectivity index (χ2n) is 17.0. The Morgan fingerprint density at radius 3 is 1.57 bits per heavy atom. The highest BCUT2D eigenvalue weighted by Gasteiger charge is 2.39. The number of hydrogen-bond acceptors (Lipinski definition) is 2. The maximum Gasteiger partial charge on any atom is 0.0468 e. The first-order valence-electron chi connectivity index (χ1n) is 20.3. The molecule has 2 aliphatic carbocycles. The van der Waals surface area contributed by atoms with Crippen LogP contribution in [0.3, 0.4) is 0 Å². The molecule has 58 heavy (non-hydrogen) atoms. The lowest BCUT2D eigenvalue weighted by molar-refractivity contribution is 0.660. The van der Waals surface area contributed by atoms with Gasteiger partial charge in [-0.15, -0.1) is 11.3 Å². The lowest BCUT2D eigenvalue weighted by Gasteiger charge is -2.27. The summed E-state index contributed by atoms with van der Waals surface area (Å²) in [6.07, 6.45) is 0. The van der Waals surface area contributed by atoms with Crippen LogP contribution in [-0.2, 0) is 10.8 Å². The first kappa shape index (κ1) is 34.7. The molecule has 0 amide bonds. The number of benzene rings is 8. The summed E-state index contributed by atoms with van der Waals surface area (Å²) in [6, 6.07) is 69.7. The van der Waals surface area contributed by atoms with E-state index in [1.165, 1.54) is 87.3 Å². The second-order valence-corrected chi connectivity index (χ2v) is 18.0. The van der Waals surface area contributed by atoms with Gasteiger partial charge in [-0.2, -0.15) is 0 Å². The van der Waals surface area contributed by atoms with Gasteiger partial charge in [0.25, 0.3) is 0 Å². The molecule has 0 aliphatic heterocycles. The van der Waals surface area contributed by atoms with Crippen molar-refractivity contribution in [2.24, 2.45) is 0 Å². The highest BCUT2D eigenvalue weighted by molar-refractivity contribution is 7.22. The minimum absolute atomic E-state index is 0.0448. The molecule has 11 rings (SSSR count). The predicted molar refractivity (Wildman–Crippen MR) is 248 cm³/mol. The fourth-order valence-electron chi connectivity index (χ4n) is 9.82. The molecule has 0 saturated heterocycles. The van der Waals surface area contributed by atoms with Gasteiger partial charge in [-0.1, -0.05) is 167 Å². The normalized spacial score (nSPS) is 14.1. The largest absolute Gasteiger partial charge is 0.310 e. The molecule has 0 spiro atoms. The molecule has 8 aromatic carbocycles. The Kier molecular flexibility index (Phi) is 7.80. The molecular formula is C56H43NS. The molecule has 1 nitrogen and oxygen atoms in total. The van der Waals surface area contributed by atoms with E-state index in [0.29, 0.717) is 0 Å². The van der Waals surface area contributed by atoms with Crippen molar-refractivity contribution in [1.82, 2.24) is 0 Å². The number of rotatable bonds is 6. The Balaban J connectivity index is 0.969. The molecule has 278 valence electrons. The zero-order valence-electron chi connectivity index (χ0n) is 33.3. The Bertz CT molecular complexity index is 3020. The van der Waals surface area contributed by atoms with E-state index >= 15 is 0 Å². The van der Waals surface area contributed by atoms with Crippen molar-refractivity contribution in [2.75, 3.05) is 4.90 Å². The van der Waals surface area contributed by atoms with Gasteiger partial charge in [-0.05, 0) is 126 Å². The van der Waals surface area contributed by atoms with E-state index in [2.05, 4.69) is 221 Å². The van der Waals surface area contributed by atoms with Crippen LogP contribution in [0, 0.1) is 0 Å². The summed E-state index contributed by atoms with van der Waals surface area (Å²) in [4.78, 5) is 3.84. The van der Waals surface area contributed by atoms with Gasteiger partial charge in [0.1, 0.15) is 0 Å². The van der Waals surface area contributed by atoms with E-state index < -0.39 is 0 Å². The van der Waals surface area contributed by atoms with Gasteiger partial charge in [0.15, 0.2) is 0 Å². The number of hydrogen-bond donors (Lipinski definition) is 0. The van der Waals surface area contributed by atoms with Gasteiger partial charge in [-0.3, -0.25) is 0 Å². The third-order valence-corrected chi connectivity index (χ3v) is 14.1. The van der Waals surface area contributed by atoms with Gasteiger partial charge in [0.2, 0.25) is 0 Å². The van der Waals surface area contributed by atoms with Crippen LogP contribution < -0.4 is 4.90 Å². The predicted octanol–water partition coefficient (Wildman–Crippen LogP) is 16.0. The first-order valence-corrected chi connectivity index (χ1v) is 21.2. The van der Waals surface area contributed by atoms with Crippen LogP contribution in [0.15, 0.2) is 188 Å². The molecule has 9 aromatic rings. The molecule has 1 aromatic heterocycles. The Labute approximate surface area is 345 Å². The third kappa shape index (κ3) is 5.36. The van der Waals surface area contributed by atoms with Crippen LogP contribution in [0.1, 0.15) is 49.9 Å². The number of thiophene rings is 1. The van der Waals surface area contributed by atoms with Crippen molar-refractivity contribution in [3.05, 3.63) is 210 Å². The Hall–Kier alpha value is -6.48. The fraction of sp³-hybridized carbons (Fsp3) is 0.107. The van der Waals surface area contributed by atoms with E-state index in [-0.39, 0.29) is 10.8 Å². The van der Waals surface area contributed by atoms with E-state index in [4.69, 9.17) is 0 Å². The summed E-state index contributed by atoms with van der Waals surface area (Å²) >= 11 is 1.93. The number of fused-ring (bicyclic) bond motifs is 8. The minimum Gasteiger partial charge on any atom is -0.310 e. The summed E-state index contributed by atoms with van der Waals surface area (Å²) in [7, 11) is 0. The van der Waals surface area contributed by atoms with Crippen molar-refractivity contribution >= 4 is 38.5 Å². The molecule has 0 bridgehead atoms. The van der Waals surface area contributed by atoms with E-state index in [9.17, 15) is 0 Å². The molecule has 0 atom stereocenters. The topological polar surface area (TPSA) is 3.24 Å². The van der Waals surface area contributed by atoms with Gasteiger partial charge in [0, 0.05) is 37.5 Å². The smallest absolute Gasteiger partial charge is 0.0468 e. The first-order chi connectivity index (χ1) is 28.3. The van der Waals surface area contributed by atoms with Gasteiger partial charge >= 0.3 is 0 Å². The monoisotopic (exact) mass is 761 g/mol.